The van der Waals surface area contributed by atoms with Gasteiger partial charge in [-0.1, -0.05) is 12.1 Å². The molecule has 0 radical (unpaired) electrons. The molecule has 0 spiro atoms. The van der Waals surface area contributed by atoms with Crippen molar-refractivity contribution in [1.82, 2.24) is 9.80 Å². The van der Waals surface area contributed by atoms with Crippen LogP contribution in [0.25, 0.3) is 0 Å². The number of nitrogens with zero attached hydrogens (tertiary/aromatic N) is 2. The molecule has 2 saturated heterocycles. The Morgan fingerprint density at radius 1 is 1.07 bits per heavy atom. The number of anilines is 1. The maximum atomic E-state index is 13.0. The molecule has 9 heteroatoms. The predicted molar refractivity (Wildman–Crippen MR) is 96.7 cm³/mol. The van der Waals surface area contributed by atoms with E-state index in [0.717, 1.165) is 5.56 Å². The van der Waals surface area contributed by atoms with Crippen molar-refractivity contribution < 1.29 is 22.8 Å². The van der Waals surface area contributed by atoms with Gasteiger partial charge in [0.05, 0.1) is 5.92 Å². The number of carbonyl (C=O) groups is 2. The van der Waals surface area contributed by atoms with E-state index in [2.05, 4.69) is 5.32 Å². The van der Waals surface area contributed by atoms with E-state index in [4.69, 9.17) is 5.73 Å². The van der Waals surface area contributed by atoms with E-state index in [1.165, 1.54) is 0 Å². The molecule has 2 aliphatic heterocycles. The van der Waals surface area contributed by atoms with Gasteiger partial charge in [-0.05, 0) is 37.0 Å². The van der Waals surface area contributed by atoms with Crippen molar-refractivity contribution in [2.75, 3.05) is 31.5 Å². The Balaban J connectivity index is 1.29. The highest BCUT2D eigenvalue weighted by Gasteiger charge is 2.63. The number of urea groups is 1. The summed E-state index contributed by atoms with van der Waals surface area (Å²) in [7, 11) is 0. The zero-order chi connectivity index (χ0) is 20.1. The molecule has 3 fully saturated rings. The molecule has 0 unspecified atom stereocenters. The minimum atomic E-state index is -4.25. The minimum Gasteiger partial charge on any atom is -0.372 e. The number of nitrogens with two attached hydrogens (primary N) is 1. The molecule has 28 heavy (non-hydrogen) atoms. The first kappa shape index (κ1) is 18.9. The topological polar surface area (TPSA) is 78.7 Å². The number of hydrogen-bond donors (Lipinski definition) is 2. The summed E-state index contributed by atoms with van der Waals surface area (Å²) >= 11 is 0. The molecule has 1 aromatic carbocycles. The summed E-state index contributed by atoms with van der Waals surface area (Å²) in [5.41, 5.74) is 4.99. The van der Waals surface area contributed by atoms with Gasteiger partial charge in [0.15, 0.2) is 0 Å². The Bertz CT molecular complexity index is 770. The molecule has 1 atom stereocenters. The third kappa shape index (κ3) is 3.38. The summed E-state index contributed by atoms with van der Waals surface area (Å²) < 4.78 is 39.1. The number of halogens is 3. The van der Waals surface area contributed by atoms with E-state index in [1.807, 2.05) is 12.1 Å². The lowest BCUT2D eigenvalue weighted by Crippen LogP contribution is -2.53. The molecule has 2 heterocycles. The predicted octanol–water partition coefficient (Wildman–Crippen LogP) is 2.52. The van der Waals surface area contributed by atoms with Crippen molar-refractivity contribution in [2.45, 2.75) is 36.9 Å². The summed E-state index contributed by atoms with van der Waals surface area (Å²) in [5, 5.41) is 2.61. The lowest BCUT2D eigenvalue weighted by molar-refractivity contribution is -0.151. The number of hydrogen-bond acceptors (Lipinski definition) is 3. The van der Waals surface area contributed by atoms with Gasteiger partial charge >= 0.3 is 12.2 Å². The largest absolute Gasteiger partial charge is 0.411 e. The van der Waals surface area contributed by atoms with Crippen LogP contribution in [-0.4, -0.2) is 59.6 Å². The number of amides is 3. The number of rotatable bonds is 4. The number of nitrogens with one attached hydrogen (secondary N) is 1. The van der Waals surface area contributed by atoms with Gasteiger partial charge in [0, 0.05) is 37.8 Å². The van der Waals surface area contributed by atoms with Crippen molar-refractivity contribution >= 4 is 17.6 Å². The molecule has 6 nitrogen and oxygen atoms in total. The molecular formula is C19H23F3N4O2. The average Bonchev–Trinajstić information content (AvgIpc) is 3.21. The van der Waals surface area contributed by atoms with Gasteiger partial charge in [0.25, 0.3) is 0 Å². The van der Waals surface area contributed by atoms with E-state index in [0.29, 0.717) is 38.3 Å². The molecule has 1 aliphatic carbocycles. The molecule has 3 amide bonds. The van der Waals surface area contributed by atoms with Crippen LogP contribution in [0.3, 0.4) is 0 Å². The second-order valence-corrected chi connectivity index (χ2v) is 8.05. The van der Waals surface area contributed by atoms with E-state index in [9.17, 15) is 22.8 Å². The van der Waals surface area contributed by atoms with Gasteiger partial charge in [0.1, 0.15) is 5.54 Å². The Hall–Kier alpha value is -2.45. The number of carbonyl (C=O) groups excluding carboxylic acids is 2. The van der Waals surface area contributed by atoms with Crippen LogP contribution in [0.15, 0.2) is 24.3 Å². The number of alkyl halides is 3. The standard InChI is InChI=1S/C19H23F3N4O2/c20-19(21,22)18(6-7-18)24-15-3-1-12(2-4-15)14-10-26(11-14)17(28)25-8-5-13(9-25)16(23)27/h1-4,13-14,24H,5-11H2,(H2,23,27)/t13-/m0/s1. The van der Waals surface area contributed by atoms with Gasteiger partial charge in [-0.3, -0.25) is 4.79 Å². The van der Waals surface area contributed by atoms with E-state index in [-0.39, 0.29) is 36.6 Å². The molecule has 4 rings (SSSR count). The molecule has 3 aliphatic rings. The van der Waals surface area contributed by atoms with Gasteiger partial charge in [-0.15, -0.1) is 0 Å². The number of primary amides is 1. The zero-order valence-corrected chi connectivity index (χ0v) is 15.3. The van der Waals surface area contributed by atoms with Crippen molar-refractivity contribution in [2.24, 2.45) is 11.7 Å². The van der Waals surface area contributed by atoms with Crippen molar-refractivity contribution in [3.63, 3.8) is 0 Å². The van der Waals surface area contributed by atoms with Gasteiger partial charge in [0.2, 0.25) is 5.91 Å². The van der Waals surface area contributed by atoms with Crippen molar-refractivity contribution in [3.05, 3.63) is 29.8 Å². The Kier molecular flexibility index (Phi) is 4.43. The first-order valence-electron chi connectivity index (χ1n) is 9.46. The normalized spacial score (nSPS) is 24.0. The monoisotopic (exact) mass is 396 g/mol. The van der Waals surface area contributed by atoms with Crippen LogP contribution >= 0.6 is 0 Å². The smallest absolute Gasteiger partial charge is 0.372 e. The second kappa shape index (κ2) is 6.56. The van der Waals surface area contributed by atoms with Crippen LogP contribution in [0.5, 0.6) is 0 Å². The van der Waals surface area contributed by atoms with E-state index >= 15 is 0 Å². The third-order valence-corrected chi connectivity index (χ3v) is 6.07. The Morgan fingerprint density at radius 2 is 1.71 bits per heavy atom. The fourth-order valence-electron chi connectivity index (χ4n) is 3.93. The maximum absolute atomic E-state index is 13.0. The maximum Gasteiger partial charge on any atom is 0.411 e. The molecule has 0 aromatic heterocycles. The van der Waals surface area contributed by atoms with Crippen LogP contribution < -0.4 is 11.1 Å². The number of benzene rings is 1. The van der Waals surface area contributed by atoms with Crippen molar-refractivity contribution in [3.8, 4) is 0 Å². The first-order valence-corrected chi connectivity index (χ1v) is 9.46. The first-order chi connectivity index (χ1) is 13.2. The molecular weight excluding hydrogens is 373 g/mol. The van der Waals surface area contributed by atoms with E-state index in [1.54, 1.807) is 21.9 Å². The lowest BCUT2D eigenvalue weighted by atomic mass is 9.91. The second-order valence-electron chi connectivity index (χ2n) is 8.05. The Morgan fingerprint density at radius 3 is 2.21 bits per heavy atom. The highest BCUT2D eigenvalue weighted by Crippen LogP contribution is 2.51. The minimum absolute atomic E-state index is 0.0841. The summed E-state index contributed by atoms with van der Waals surface area (Å²) in [6.07, 6.45) is -3.44. The van der Waals surface area contributed by atoms with Crippen LogP contribution in [0.2, 0.25) is 0 Å². The van der Waals surface area contributed by atoms with Crippen LogP contribution in [0.4, 0.5) is 23.7 Å². The third-order valence-electron chi connectivity index (χ3n) is 6.07. The summed E-state index contributed by atoms with van der Waals surface area (Å²) in [5.74, 6) is -0.471. The van der Waals surface area contributed by atoms with Gasteiger partial charge in [-0.2, -0.15) is 13.2 Å². The Labute approximate surface area is 160 Å². The number of likely N-dealkylation sites (tertiary alicyclic amines) is 2. The molecule has 152 valence electrons. The molecule has 1 aromatic rings. The summed E-state index contributed by atoms with van der Waals surface area (Å²) in [6, 6.07) is 6.90. The van der Waals surface area contributed by atoms with Crippen LogP contribution in [0, 0.1) is 5.92 Å². The fraction of sp³-hybridized carbons (Fsp3) is 0.579. The average molecular weight is 396 g/mol. The quantitative estimate of drug-likeness (QED) is 0.821. The summed E-state index contributed by atoms with van der Waals surface area (Å²) in [4.78, 5) is 27.1. The molecule has 3 N–H and O–H groups in total. The van der Waals surface area contributed by atoms with E-state index < -0.39 is 11.7 Å². The van der Waals surface area contributed by atoms with Gasteiger partial charge < -0.3 is 20.9 Å². The van der Waals surface area contributed by atoms with Crippen molar-refractivity contribution in [1.29, 1.82) is 0 Å². The highest BCUT2D eigenvalue weighted by molar-refractivity contribution is 5.80. The lowest BCUT2D eigenvalue weighted by Gasteiger charge is -2.41. The fourth-order valence-corrected chi connectivity index (χ4v) is 3.93. The highest BCUT2D eigenvalue weighted by atomic mass is 19.4. The zero-order valence-electron chi connectivity index (χ0n) is 15.3. The summed E-state index contributed by atoms with van der Waals surface area (Å²) in [6.45, 7) is 2.04. The van der Waals surface area contributed by atoms with Crippen LogP contribution in [0.1, 0.15) is 30.7 Å². The molecule has 1 saturated carbocycles. The molecule has 0 bridgehead atoms. The SMILES string of the molecule is NC(=O)[C@H]1CCN(C(=O)N2CC(c3ccc(NC4(C(F)(F)F)CC4)cc3)C2)C1. The van der Waals surface area contributed by atoms with Gasteiger partial charge in [-0.25, -0.2) is 4.79 Å². The van der Waals surface area contributed by atoms with Crippen LogP contribution in [-0.2, 0) is 4.79 Å².